The van der Waals surface area contributed by atoms with E-state index in [2.05, 4.69) is 90.3 Å². The van der Waals surface area contributed by atoms with Crippen LogP contribution in [0.2, 0.25) is 0 Å². The molecule has 0 aliphatic heterocycles. The molecule has 0 aliphatic rings. The van der Waals surface area contributed by atoms with Crippen molar-refractivity contribution in [2.75, 3.05) is 4.90 Å². The number of aryl methyl sites for hydroxylation is 1. The van der Waals surface area contributed by atoms with Crippen LogP contribution in [0, 0.1) is 6.92 Å². The topological polar surface area (TPSA) is 15.6 Å². The fraction of sp³-hybridized carbons (Fsp3) is 0.0952. The molecule has 0 heterocycles. The molecule has 2 nitrogen and oxygen atoms in total. The molecule has 0 aliphatic carbocycles. The van der Waals surface area contributed by atoms with Crippen LogP contribution in [0.5, 0.6) is 0 Å². The summed E-state index contributed by atoms with van der Waals surface area (Å²) in [5, 5.41) is 0. The lowest BCUT2D eigenvalue weighted by Gasteiger charge is -2.26. The van der Waals surface area contributed by atoms with Gasteiger partial charge in [0.2, 0.25) is 0 Å². The van der Waals surface area contributed by atoms with Crippen molar-refractivity contribution in [3.05, 3.63) is 90.0 Å². The number of para-hydroxylation sites is 1. The first-order chi connectivity index (χ1) is 11.3. The number of anilines is 2. The van der Waals surface area contributed by atoms with Crippen LogP contribution in [0.15, 0.2) is 83.9 Å². The van der Waals surface area contributed by atoms with E-state index in [1.807, 2.05) is 12.1 Å². The second-order valence-electron chi connectivity index (χ2n) is 5.56. The van der Waals surface area contributed by atoms with E-state index in [4.69, 9.17) is 0 Å². The maximum absolute atomic E-state index is 4.23. The molecule has 0 fully saturated rings. The molecule has 0 unspecified atom stereocenters. The van der Waals surface area contributed by atoms with Crippen molar-refractivity contribution < 1.29 is 0 Å². The minimum atomic E-state index is 0.788. The van der Waals surface area contributed by atoms with E-state index >= 15 is 0 Å². The fourth-order valence-electron chi connectivity index (χ4n) is 2.68. The van der Waals surface area contributed by atoms with Crippen molar-refractivity contribution in [3.63, 3.8) is 0 Å². The highest BCUT2D eigenvalue weighted by Crippen LogP contribution is 2.35. The first kappa shape index (κ1) is 15.0. The van der Waals surface area contributed by atoms with E-state index in [0.29, 0.717) is 0 Å². The summed E-state index contributed by atoms with van der Waals surface area (Å²) >= 11 is 0. The minimum absolute atomic E-state index is 0.788. The summed E-state index contributed by atoms with van der Waals surface area (Å²) in [5.74, 6) is 0. The zero-order valence-corrected chi connectivity index (χ0v) is 13.3. The predicted octanol–water partition coefficient (Wildman–Crippen LogP) is 5.67. The molecular weight excluding hydrogens is 280 g/mol. The molecule has 0 aromatic heterocycles. The monoisotopic (exact) mass is 300 g/mol. The van der Waals surface area contributed by atoms with Gasteiger partial charge in [0.05, 0.1) is 11.4 Å². The summed E-state index contributed by atoms with van der Waals surface area (Å²) in [5.41, 5.74) is 5.56. The van der Waals surface area contributed by atoms with Crippen LogP contribution in [0.25, 0.3) is 0 Å². The number of rotatable bonds is 5. The summed E-state index contributed by atoms with van der Waals surface area (Å²) in [4.78, 5) is 6.50. The molecule has 0 N–H and O–H groups in total. The predicted molar refractivity (Wildman–Crippen MR) is 99.1 cm³/mol. The van der Waals surface area contributed by atoms with E-state index in [1.165, 1.54) is 11.1 Å². The van der Waals surface area contributed by atoms with E-state index in [9.17, 15) is 0 Å². The van der Waals surface area contributed by atoms with Gasteiger partial charge in [-0.25, -0.2) is 0 Å². The van der Waals surface area contributed by atoms with Crippen LogP contribution < -0.4 is 4.90 Å². The largest absolute Gasteiger partial charge is 0.335 e. The summed E-state index contributed by atoms with van der Waals surface area (Å²) in [6, 6.07) is 27.2. The van der Waals surface area contributed by atoms with Gasteiger partial charge in [0.15, 0.2) is 0 Å². The Kier molecular flexibility index (Phi) is 4.53. The van der Waals surface area contributed by atoms with E-state index in [1.54, 1.807) is 0 Å². The van der Waals surface area contributed by atoms with Crippen molar-refractivity contribution in [2.24, 2.45) is 4.99 Å². The molecule has 114 valence electrons. The van der Waals surface area contributed by atoms with Gasteiger partial charge in [0.1, 0.15) is 0 Å². The van der Waals surface area contributed by atoms with Crippen LogP contribution in [-0.4, -0.2) is 6.72 Å². The number of aliphatic imine (C=N–C) groups is 1. The summed E-state index contributed by atoms with van der Waals surface area (Å²) in [7, 11) is 0. The zero-order valence-electron chi connectivity index (χ0n) is 13.3. The van der Waals surface area contributed by atoms with E-state index in [0.717, 1.165) is 23.6 Å². The molecule has 2 heteroatoms. The van der Waals surface area contributed by atoms with Gasteiger partial charge >= 0.3 is 0 Å². The Labute approximate surface area is 137 Å². The zero-order chi connectivity index (χ0) is 16.1. The van der Waals surface area contributed by atoms with Gasteiger partial charge in [-0.3, -0.25) is 4.99 Å². The third-order valence-electron chi connectivity index (χ3n) is 3.84. The van der Waals surface area contributed by atoms with E-state index in [-0.39, 0.29) is 0 Å². The van der Waals surface area contributed by atoms with Crippen molar-refractivity contribution in [2.45, 2.75) is 13.5 Å². The highest BCUT2D eigenvalue weighted by molar-refractivity contribution is 5.76. The number of nitrogens with zero attached hydrogens (tertiary/aromatic N) is 2. The van der Waals surface area contributed by atoms with Gasteiger partial charge in [-0.1, -0.05) is 54.6 Å². The summed E-state index contributed by atoms with van der Waals surface area (Å²) in [6.45, 7) is 6.60. The average molecular weight is 300 g/mol. The van der Waals surface area contributed by atoms with Gasteiger partial charge in [0.25, 0.3) is 0 Å². The smallest absolute Gasteiger partial charge is 0.0862 e. The maximum Gasteiger partial charge on any atom is 0.0862 e. The van der Waals surface area contributed by atoms with Crippen molar-refractivity contribution in [1.29, 1.82) is 0 Å². The average Bonchev–Trinajstić information content (AvgIpc) is 2.61. The van der Waals surface area contributed by atoms with Crippen molar-refractivity contribution in [1.82, 2.24) is 0 Å². The van der Waals surface area contributed by atoms with Crippen LogP contribution in [0.4, 0.5) is 17.1 Å². The number of hydrogen-bond acceptors (Lipinski definition) is 2. The molecule has 0 radical (unpaired) electrons. The molecule has 0 atom stereocenters. The first-order valence-electron chi connectivity index (χ1n) is 7.72. The molecule has 23 heavy (non-hydrogen) atoms. The van der Waals surface area contributed by atoms with Gasteiger partial charge in [0, 0.05) is 12.2 Å². The Morgan fingerprint density at radius 2 is 1.52 bits per heavy atom. The highest BCUT2D eigenvalue weighted by Gasteiger charge is 2.13. The standard InChI is InChI=1S/C21H20N2/c1-17-13-14-21(20(15-17)22-2)23(19-11-7-4-8-12-19)16-18-9-5-3-6-10-18/h3-15H,2,16H2,1H3. The molecule has 3 rings (SSSR count). The normalized spacial score (nSPS) is 10.3. The second kappa shape index (κ2) is 6.93. The SMILES string of the molecule is C=Nc1cc(C)ccc1N(Cc1ccccc1)c1ccccc1. The molecule has 0 amide bonds. The molecule has 0 bridgehead atoms. The Hall–Kier alpha value is -2.87. The highest BCUT2D eigenvalue weighted by atomic mass is 15.1. The third kappa shape index (κ3) is 3.49. The van der Waals surface area contributed by atoms with Gasteiger partial charge in [-0.15, -0.1) is 0 Å². The molecule has 3 aromatic carbocycles. The Morgan fingerprint density at radius 1 is 0.870 bits per heavy atom. The van der Waals surface area contributed by atoms with Gasteiger partial charge in [-0.2, -0.15) is 0 Å². The summed E-state index contributed by atoms with van der Waals surface area (Å²) < 4.78 is 0. The number of hydrogen-bond donors (Lipinski definition) is 0. The third-order valence-corrected chi connectivity index (χ3v) is 3.84. The second-order valence-corrected chi connectivity index (χ2v) is 5.56. The lowest BCUT2D eigenvalue weighted by molar-refractivity contribution is 0.974. The van der Waals surface area contributed by atoms with Gasteiger partial charge in [-0.05, 0) is 49.0 Å². The first-order valence-corrected chi connectivity index (χ1v) is 7.72. The quantitative estimate of drug-likeness (QED) is 0.555. The lowest BCUT2D eigenvalue weighted by Crippen LogP contribution is -2.16. The van der Waals surface area contributed by atoms with Crippen molar-refractivity contribution >= 4 is 23.8 Å². The summed E-state index contributed by atoms with van der Waals surface area (Å²) in [6.07, 6.45) is 0. The number of benzene rings is 3. The van der Waals surface area contributed by atoms with Crippen LogP contribution in [0.3, 0.4) is 0 Å². The Bertz CT molecular complexity index is 779. The maximum atomic E-state index is 4.23. The fourth-order valence-corrected chi connectivity index (χ4v) is 2.68. The lowest BCUT2D eigenvalue weighted by atomic mass is 10.1. The molecular formula is C21H20N2. The molecule has 0 saturated carbocycles. The Morgan fingerprint density at radius 3 is 2.17 bits per heavy atom. The van der Waals surface area contributed by atoms with Crippen molar-refractivity contribution in [3.8, 4) is 0 Å². The van der Waals surface area contributed by atoms with Crippen LogP contribution in [0.1, 0.15) is 11.1 Å². The van der Waals surface area contributed by atoms with Crippen LogP contribution in [-0.2, 0) is 6.54 Å². The molecule has 0 spiro atoms. The Balaban J connectivity index is 2.07. The van der Waals surface area contributed by atoms with Crippen LogP contribution >= 0.6 is 0 Å². The molecule has 3 aromatic rings. The van der Waals surface area contributed by atoms with E-state index < -0.39 is 0 Å². The van der Waals surface area contributed by atoms with Gasteiger partial charge < -0.3 is 4.90 Å². The molecule has 0 saturated heterocycles. The minimum Gasteiger partial charge on any atom is -0.335 e.